The van der Waals surface area contributed by atoms with Crippen LogP contribution in [0.1, 0.15) is 24.8 Å². The normalized spacial score (nSPS) is 14.8. The van der Waals surface area contributed by atoms with Gasteiger partial charge in [-0.1, -0.05) is 24.3 Å². The van der Waals surface area contributed by atoms with Crippen molar-refractivity contribution in [2.24, 2.45) is 0 Å². The smallest absolute Gasteiger partial charge is 0.220 e. The van der Waals surface area contributed by atoms with Gasteiger partial charge in [-0.25, -0.2) is 8.78 Å². The van der Waals surface area contributed by atoms with Crippen molar-refractivity contribution in [1.29, 1.82) is 0 Å². The van der Waals surface area contributed by atoms with Crippen LogP contribution in [0.2, 0.25) is 0 Å². The number of para-hydroxylation sites is 1. The number of rotatable bonds is 9. The van der Waals surface area contributed by atoms with E-state index in [0.717, 1.165) is 57.7 Å². The van der Waals surface area contributed by atoms with Gasteiger partial charge in [0.1, 0.15) is 0 Å². The molecule has 29 heavy (non-hydrogen) atoms. The fraction of sp³-hybridized carbons (Fsp3) is 0.435. The monoisotopic (exact) mass is 401 g/mol. The van der Waals surface area contributed by atoms with E-state index in [1.807, 2.05) is 6.07 Å². The number of hydrogen-bond acceptors (Lipinski definition) is 3. The van der Waals surface area contributed by atoms with E-state index in [-0.39, 0.29) is 12.3 Å². The molecule has 6 heteroatoms. The molecule has 0 aliphatic carbocycles. The highest BCUT2D eigenvalue weighted by atomic mass is 19.2. The molecule has 1 saturated heterocycles. The molecule has 0 bridgehead atoms. The first-order valence-electron chi connectivity index (χ1n) is 10.3. The molecular weight excluding hydrogens is 372 g/mol. The summed E-state index contributed by atoms with van der Waals surface area (Å²) < 4.78 is 26.1. The van der Waals surface area contributed by atoms with Crippen molar-refractivity contribution in [2.45, 2.75) is 25.7 Å². The number of piperazine rings is 1. The van der Waals surface area contributed by atoms with E-state index < -0.39 is 11.6 Å². The molecule has 0 radical (unpaired) electrons. The number of nitrogens with zero attached hydrogens (tertiary/aromatic N) is 2. The summed E-state index contributed by atoms with van der Waals surface area (Å²) >= 11 is 0. The molecule has 3 rings (SSSR count). The largest absolute Gasteiger partial charge is 0.369 e. The average Bonchev–Trinajstić information content (AvgIpc) is 2.75. The van der Waals surface area contributed by atoms with Crippen LogP contribution in [0.4, 0.5) is 14.5 Å². The molecule has 2 aromatic carbocycles. The van der Waals surface area contributed by atoms with Crippen LogP contribution >= 0.6 is 0 Å². The summed E-state index contributed by atoms with van der Waals surface area (Å²) in [4.78, 5) is 16.8. The number of carbonyl (C=O) groups excluding carboxylic acids is 1. The van der Waals surface area contributed by atoms with Gasteiger partial charge >= 0.3 is 0 Å². The van der Waals surface area contributed by atoms with Gasteiger partial charge in [-0.15, -0.1) is 0 Å². The van der Waals surface area contributed by atoms with Gasteiger partial charge in [0.25, 0.3) is 0 Å². The van der Waals surface area contributed by atoms with Crippen molar-refractivity contribution < 1.29 is 13.6 Å². The second-order valence-corrected chi connectivity index (χ2v) is 7.47. The molecule has 156 valence electrons. The van der Waals surface area contributed by atoms with Crippen molar-refractivity contribution in [3.63, 3.8) is 0 Å². The summed E-state index contributed by atoms with van der Waals surface area (Å²) in [5.41, 5.74) is 1.92. The van der Waals surface area contributed by atoms with Crippen LogP contribution < -0.4 is 10.2 Å². The molecule has 1 aliphatic rings. The minimum absolute atomic E-state index is 0.0498. The number of halogens is 2. The predicted octanol–water partition coefficient (Wildman–Crippen LogP) is 3.62. The van der Waals surface area contributed by atoms with Gasteiger partial charge in [0, 0.05) is 44.8 Å². The Hall–Kier alpha value is -2.47. The second-order valence-electron chi connectivity index (χ2n) is 7.47. The third-order valence-electron chi connectivity index (χ3n) is 5.34. The second kappa shape index (κ2) is 10.9. The summed E-state index contributed by atoms with van der Waals surface area (Å²) in [7, 11) is 0. The first-order valence-corrected chi connectivity index (χ1v) is 10.3. The minimum atomic E-state index is -0.868. The lowest BCUT2D eigenvalue weighted by atomic mass is 10.1. The number of nitrogens with one attached hydrogen (secondary N) is 1. The van der Waals surface area contributed by atoms with E-state index in [9.17, 15) is 13.6 Å². The van der Waals surface area contributed by atoms with Crippen LogP contribution in [0.25, 0.3) is 0 Å². The quantitative estimate of drug-likeness (QED) is 0.652. The summed E-state index contributed by atoms with van der Waals surface area (Å²) in [5, 5.41) is 2.91. The molecule has 0 aromatic heterocycles. The Balaban J connectivity index is 1.24. The van der Waals surface area contributed by atoms with Gasteiger partial charge < -0.3 is 10.2 Å². The molecule has 1 amide bonds. The van der Waals surface area contributed by atoms with E-state index in [4.69, 9.17) is 0 Å². The Labute approximate surface area is 171 Å². The number of carbonyl (C=O) groups is 1. The SMILES string of the molecule is O=C(CCc1ccc(F)c(F)c1)NCCCCN1CCN(c2ccccc2)CC1. The summed E-state index contributed by atoms with van der Waals surface area (Å²) in [5.74, 6) is -1.78. The molecule has 4 nitrogen and oxygen atoms in total. The maximum Gasteiger partial charge on any atom is 0.220 e. The minimum Gasteiger partial charge on any atom is -0.369 e. The van der Waals surface area contributed by atoms with Crippen LogP contribution in [0.3, 0.4) is 0 Å². The molecule has 1 fully saturated rings. The van der Waals surface area contributed by atoms with E-state index in [2.05, 4.69) is 39.4 Å². The topological polar surface area (TPSA) is 35.6 Å². The molecule has 0 spiro atoms. The number of benzene rings is 2. The highest BCUT2D eigenvalue weighted by Crippen LogP contribution is 2.15. The lowest BCUT2D eigenvalue weighted by molar-refractivity contribution is -0.121. The van der Waals surface area contributed by atoms with Crippen molar-refractivity contribution in [3.8, 4) is 0 Å². The van der Waals surface area contributed by atoms with E-state index >= 15 is 0 Å². The van der Waals surface area contributed by atoms with E-state index in [0.29, 0.717) is 18.5 Å². The summed E-state index contributed by atoms with van der Waals surface area (Å²) in [6, 6.07) is 14.3. The third-order valence-corrected chi connectivity index (χ3v) is 5.34. The van der Waals surface area contributed by atoms with Gasteiger partial charge in [0.05, 0.1) is 0 Å². The molecule has 1 N–H and O–H groups in total. The van der Waals surface area contributed by atoms with Crippen molar-refractivity contribution in [3.05, 3.63) is 65.7 Å². The Kier molecular flexibility index (Phi) is 7.99. The Morgan fingerprint density at radius 2 is 1.69 bits per heavy atom. The maximum atomic E-state index is 13.2. The van der Waals surface area contributed by atoms with Crippen molar-refractivity contribution in [2.75, 3.05) is 44.2 Å². The van der Waals surface area contributed by atoms with Crippen LogP contribution in [0.15, 0.2) is 48.5 Å². The lowest BCUT2D eigenvalue weighted by Gasteiger charge is -2.36. The number of aryl methyl sites for hydroxylation is 1. The summed E-state index contributed by atoms with van der Waals surface area (Å²) in [6.45, 7) is 5.92. The van der Waals surface area contributed by atoms with Crippen molar-refractivity contribution in [1.82, 2.24) is 10.2 Å². The number of anilines is 1. The molecule has 2 aromatic rings. The van der Waals surface area contributed by atoms with Gasteiger partial charge in [0.2, 0.25) is 5.91 Å². The first-order chi connectivity index (χ1) is 14.1. The van der Waals surface area contributed by atoms with Gasteiger partial charge in [-0.05, 0) is 55.6 Å². The maximum absolute atomic E-state index is 13.2. The van der Waals surface area contributed by atoms with Crippen LogP contribution in [0, 0.1) is 11.6 Å². The third kappa shape index (κ3) is 6.82. The number of hydrogen-bond donors (Lipinski definition) is 1. The molecule has 0 saturated carbocycles. The molecule has 0 atom stereocenters. The van der Waals surface area contributed by atoms with Crippen molar-refractivity contribution >= 4 is 11.6 Å². The first kappa shape index (κ1) is 21.2. The van der Waals surface area contributed by atoms with Gasteiger partial charge in [-0.3, -0.25) is 9.69 Å². The molecular formula is C23H29F2N3O. The Bertz CT molecular complexity index is 777. The number of unbranched alkanes of at least 4 members (excludes halogenated alkanes) is 1. The lowest BCUT2D eigenvalue weighted by Crippen LogP contribution is -2.46. The van der Waals surface area contributed by atoms with Crippen LogP contribution in [-0.4, -0.2) is 50.1 Å². The Morgan fingerprint density at radius 1 is 0.931 bits per heavy atom. The molecule has 0 unspecified atom stereocenters. The van der Waals surface area contributed by atoms with Crippen LogP contribution in [0.5, 0.6) is 0 Å². The zero-order chi connectivity index (χ0) is 20.5. The fourth-order valence-electron chi connectivity index (χ4n) is 3.60. The predicted molar refractivity (Wildman–Crippen MR) is 112 cm³/mol. The number of amides is 1. The molecule has 1 heterocycles. The van der Waals surface area contributed by atoms with E-state index in [1.165, 1.54) is 11.8 Å². The fourth-order valence-corrected chi connectivity index (χ4v) is 3.60. The zero-order valence-corrected chi connectivity index (χ0v) is 16.7. The van der Waals surface area contributed by atoms with Gasteiger partial charge in [-0.2, -0.15) is 0 Å². The standard InChI is InChI=1S/C23H29F2N3O/c24-21-10-8-19(18-22(21)25)9-11-23(29)26-12-4-5-13-27-14-16-28(17-15-27)20-6-2-1-3-7-20/h1-3,6-8,10,18H,4-5,9,11-17H2,(H,26,29). The zero-order valence-electron chi connectivity index (χ0n) is 16.7. The highest BCUT2D eigenvalue weighted by molar-refractivity contribution is 5.76. The average molecular weight is 402 g/mol. The van der Waals surface area contributed by atoms with Gasteiger partial charge in [0.15, 0.2) is 11.6 Å². The van der Waals surface area contributed by atoms with Crippen LogP contribution in [-0.2, 0) is 11.2 Å². The molecule has 1 aliphatic heterocycles. The highest BCUT2D eigenvalue weighted by Gasteiger charge is 2.16. The Morgan fingerprint density at radius 3 is 2.41 bits per heavy atom. The summed E-state index contributed by atoms with van der Waals surface area (Å²) in [6.07, 6.45) is 2.69. The van der Waals surface area contributed by atoms with E-state index in [1.54, 1.807) is 0 Å².